The van der Waals surface area contributed by atoms with Crippen LogP contribution in [0.1, 0.15) is 67.3 Å². The van der Waals surface area contributed by atoms with Gasteiger partial charge in [0.25, 0.3) is 0 Å². The van der Waals surface area contributed by atoms with Gasteiger partial charge in [-0.05, 0) is 88.1 Å². The molecule has 3 fully saturated rings. The van der Waals surface area contributed by atoms with Gasteiger partial charge in [-0.15, -0.1) is 0 Å². The zero-order valence-corrected chi connectivity index (χ0v) is 22.7. The molecular formula is C30H37N7O2. The lowest BCUT2D eigenvalue weighted by molar-refractivity contribution is 0.222. The van der Waals surface area contributed by atoms with Crippen LogP contribution in [-0.2, 0) is 13.0 Å². The Bertz CT molecular complexity index is 1330. The number of amides is 2. The van der Waals surface area contributed by atoms with Gasteiger partial charge in [0.05, 0.1) is 23.6 Å². The van der Waals surface area contributed by atoms with Crippen LogP contribution in [0.4, 0.5) is 22.1 Å². The zero-order chi connectivity index (χ0) is 27.0. The number of allylic oxidation sites excluding steroid dienone is 1. The number of aromatic nitrogens is 2. The fraction of sp³-hybridized carbons (Fsp3) is 0.533. The molecular weight excluding hydrogens is 490 g/mol. The molecule has 0 atom stereocenters. The number of aryl methyl sites for hydroxylation is 1. The minimum atomic E-state index is -0.280. The maximum Gasteiger partial charge on any atom is 0.328 e. The predicted molar refractivity (Wildman–Crippen MR) is 152 cm³/mol. The number of likely N-dealkylation sites (tertiary alicyclic amines) is 1. The Balaban J connectivity index is 1.21. The summed E-state index contributed by atoms with van der Waals surface area (Å²) in [4.78, 5) is 29.2. The van der Waals surface area contributed by atoms with E-state index in [0.717, 1.165) is 87.2 Å². The molecule has 2 aromatic rings. The average Bonchev–Trinajstić information content (AvgIpc) is 3.29. The molecule has 1 spiro atoms. The van der Waals surface area contributed by atoms with E-state index in [2.05, 4.69) is 39.3 Å². The number of aliphatic hydroxyl groups excluding tert-OH is 1. The van der Waals surface area contributed by atoms with Crippen molar-refractivity contribution in [2.45, 2.75) is 58.0 Å². The first kappa shape index (κ1) is 25.8. The Labute approximate surface area is 230 Å². The summed E-state index contributed by atoms with van der Waals surface area (Å²) in [5.41, 5.74) is 5.62. The van der Waals surface area contributed by atoms with Crippen molar-refractivity contribution in [3.63, 3.8) is 0 Å². The first-order chi connectivity index (χ1) is 19.0. The summed E-state index contributed by atoms with van der Waals surface area (Å²) in [6.45, 7) is 4.59. The lowest BCUT2D eigenvalue weighted by atomic mass is 9.77. The maximum atomic E-state index is 13.5. The molecule has 1 saturated carbocycles. The monoisotopic (exact) mass is 527 g/mol. The van der Waals surface area contributed by atoms with Crippen molar-refractivity contribution in [3.8, 4) is 6.07 Å². The van der Waals surface area contributed by atoms with Crippen molar-refractivity contribution in [1.29, 1.82) is 5.26 Å². The van der Waals surface area contributed by atoms with Gasteiger partial charge in [-0.1, -0.05) is 5.57 Å². The van der Waals surface area contributed by atoms with Gasteiger partial charge in [-0.3, -0.25) is 10.2 Å². The average molecular weight is 528 g/mol. The van der Waals surface area contributed by atoms with Crippen LogP contribution in [-0.4, -0.2) is 65.8 Å². The van der Waals surface area contributed by atoms with Gasteiger partial charge in [-0.2, -0.15) is 5.26 Å². The van der Waals surface area contributed by atoms with E-state index in [-0.39, 0.29) is 12.6 Å². The van der Waals surface area contributed by atoms with Crippen LogP contribution in [0.25, 0.3) is 6.08 Å². The van der Waals surface area contributed by atoms with Gasteiger partial charge in [0.15, 0.2) is 0 Å². The summed E-state index contributed by atoms with van der Waals surface area (Å²) in [5, 5.41) is 22.7. The second-order valence-electron chi connectivity index (χ2n) is 11.7. The van der Waals surface area contributed by atoms with Crippen LogP contribution in [0.15, 0.2) is 23.9 Å². The number of carbonyl (C=O) groups is 1. The number of piperidine rings is 1. The van der Waals surface area contributed by atoms with Gasteiger partial charge in [0.2, 0.25) is 0 Å². The fourth-order valence-electron chi connectivity index (χ4n) is 6.55. The van der Waals surface area contributed by atoms with Crippen LogP contribution in [0.5, 0.6) is 0 Å². The van der Waals surface area contributed by atoms with Crippen molar-refractivity contribution >= 4 is 29.4 Å². The van der Waals surface area contributed by atoms with E-state index in [1.807, 2.05) is 12.1 Å². The molecule has 2 aromatic heterocycles. The van der Waals surface area contributed by atoms with Crippen molar-refractivity contribution in [1.82, 2.24) is 14.9 Å². The normalized spacial score (nSPS) is 20.4. The van der Waals surface area contributed by atoms with E-state index in [1.165, 1.54) is 18.4 Å². The minimum absolute atomic E-state index is 0.0716. The molecule has 6 rings (SSSR count). The summed E-state index contributed by atoms with van der Waals surface area (Å²) in [6, 6.07) is 5.85. The smallest absolute Gasteiger partial charge is 0.328 e. The molecule has 5 heterocycles. The summed E-state index contributed by atoms with van der Waals surface area (Å²) in [5.74, 6) is 1.09. The van der Waals surface area contributed by atoms with Gasteiger partial charge in [0, 0.05) is 44.0 Å². The molecule has 0 radical (unpaired) electrons. The number of anilines is 3. The highest BCUT2D eigenvalue weighted by Crippen LogP contribution is 2.41. The number of rotatable bonds is 4. The van der Waals surface area contributed by atoms with Crippen molar-refractivity contribution in [2.75, 3.05) is 54.9 Å². The third-order valence-corrected chi connectivity index (χ3v) is 9.06. The van der Waals surface area contributed by atoms with Crippen molar-refractivity contribution < 1.29 is 9.90 Å². The van der Waals surface area contributed by atoms with E-state index in [1.54, 1.807) is 11.1 Å². The number of nitrogens with one attached hydrogen (secondary N) is 1. The van der Waals surface area contributed by atoms with Crippen LogP contribution in [0, 0.1) is 16.7 Å². The lowest BCUT2D eigenvalue weighted by Gasteiger charge is -2.40. The fourth-order valence-corrected chi connectivity index (χ4v) is 6.55. The van der Waals surface area contributed by atoms with Crippen LogP contribution >= 0.6 is 0 Å². The number of hydrogen-bond acceptors (Lipinski definition) is 7. The molecule has 2 N–H and O–H groups in total. The van der Waals surface area contributed by atoms with Crippen molar-refractivity contribution in [3.05, 3.63) is 46.3 Å². The highest BCUT2D eigenvalue weighted by Gasteiger charge is 2.39. The Hall–Kier alpha value is -3.48. The summed E-state index contributed by atoms with van der Waals surface area (Å²) >= 11 is 0. The molecule has 9 heteroatoms. The number of nitrogens with zero attached hydrogens (tertiary/aromatic N) is 6. The lowest BCUT2D eigenvalue weighted by Crippen LogP contribution is -2.42. The number of fused-ring (bicyclic) bond motifs is 1. The number of carbonyl (C=O) groups excluding carboxylic acids is 1. The van der Waals surface area contributed by atoms with E-state index >= 15 is 0 Å². The third kappa shape index (κ3) is 5.11. The van der Waals surface area contributed by atoms with E-state index in [0.29, 0.717) is 29.2 Å². The summed E-state index contributed by atoms with van der Waals surface area (Å²) in [6.07, 6.45) is 12.1. The highest BCUT2D eigenvalue weighted by atomic mass is 16.3. The topological polar surface area (TPSA) is 109 Å². The molecule has 2 saturated heterocycles. The third-order valence-electron chi connectivity index (χ3n) is 9.06. The molecule has 0 bridgehead atoms. The number of aliphatic hydroxyl groups is 1. The first-order valence-corrected chi connectivity index (χ1v) is 14.2. The summed E-state index contributed by atoms with van der Waals surface area (Å²) < 4.78 is 0. The molecule has 204 valence electrons. The van der Waals surface area contributed by atoms with E-state index < -0.39 is 0 Å². The second kappa shape index (κ2) is 10.6. The van der Waals surface area contributed by atoms with Gasteiger partial charge in [-0.25, -0.2) is 14.8 Å². The van der Waals surface area contributed by atoms with Crippen LogP contribution < -0.4 is 15.1 Å². The number of nitriles is 1. The quantitative estimate of drug-likeness (QED) is 0.610. The SMILES string of the molecule is CN1CCC2(CCN(c3cc(NC(=O)N4CCCc5cc(CO)c(C=C6CCC6)nc54)ncc3C#N)CC2)C1. The standard InChI is InChI=1S/C30H37N7O2/c1-35-11-7-30(20-35)8-12-36(13-9-30)26-16-27(32-18-24(26)17-31)34-29(39)37-10-3-6-22-15-23(19-38)25(33-28(22)37)14-21-4-2-5-21/h14-16,18,38H,2-13,19-20H2,1H3,(H,32,34,39). The van der Waals surface area contributed by atoms with Crippen LogP contribution in [0.3, 0.4) is 0 Å². The Morgan fingerprint density at radius 2 is 1.95 bits per heavy atom. The molecule has 0 unspecified atom stereocenters. The van der Waals surface area contributed by atoms with Gasteiger partial charge < -0.3 is 14.9 Å². The highest BCUT2D eigenvalue weighted by molar-refractivity contribution is 6.01. The Morgan fingerprint density at radius 3 is 2.62 bits per heavy atom. The second-order valence-corrected chi connectivity index (χ2v) is 11.7. The molecule has 0 aromatic carbocycles. The van der Waals surface area contributed by atoms with E-state index in [9.17, 15) is 15.2 Å². The molecule has 1 aliphatic carbocycles. The Kier molecular flexibility index (Phi) is 7.00. The first-order valence-electron chi connectivity index (χ1n) is 14.2. The maximum absolute atomic E-state index is 13.5. The zero-order valence-electron chi connectivity index (χ0n) is 22.7. The molecule has 4 aliphatic rings. The minimum Gasteiger partial charge on any atom is -0.392 e. The molecule has 39 heavy (non-hydrogen) atoms. The largest absolute Gasteiger partial charge is 0.392 e. The van der Waals surface area contributed by atoms with E-state index in [4.69, 9.17) is 4.98 Å². The predicted octanol–water partition coefficient (Wildman–Crippen LogP) is 4.31. The van der Waals surface area contributed by atoms with Crippen molar-refractivity contribution in [2.24, 2.45) is 5.41 Å². The Morgan fingerprint density at radius 1 is 1.15 bits per heavy atom. The van der Waals surface area contributed by atoms with Gasteiger partial charge >= 0.3 is 6.03 Å². The molecule has 2 amide bonds. The summed E-state index contributed by atoms with van der Waals surface area (Å²) in [7, 11) is 2.20. The number of hydrogen-bond donors (Lipinski definition) is 2. The van der Waals surface area contributed by atoms with Gasteiger partial charge in [0.1, 0.15) is 17.7 Å². The van der Waals surface area contributed by atoms with Crippen LogP contribution in [0.2, 0.25) is 0 Å². The number of urea groups is 1. The number of pyridine rings is 2. The molecule has 9 nitrogen and oxygen atoms in total. The molecule has 3 aliphatic heterocycles.